The van der Waals surface area contributed by atoms with Crippen LogP contribution in [0.15, 0.2) is 12.4 Å². The van der Waals surface area contributed by atoms with Crippen LogP contribution in [0.1, 0.15) is 44.9 Å². The van der Waals surface area contributed by atoms with E-state index in [1.165, 1.54) is 38.5 Å². The van der Waals surface area contributed by atoms with E-state index in [1.807, 2.05) is 0 Å². The highest BCUT2D eigenvalue weighted by Gasteiger charge is 2.51. The van der Waals surface area contributed by atoms with Gasteiger partial charge in [0.15, 0.2) is 0 Å². The number of aromatic nitrogens is 2. The smallest absolute Gasteiger partial charge is 0.225 e. The summed E-state index contributed by atoms with van der Waals surface area (Å²) in [5.41, 5.74) is 1.11. The number of hydrogen-bond donors (Lipinski definition) is 2. The SMILES string of the molecule is O=C(CC12CC3CC(CC(C3)C1)C2)Nc1cn[nH]c1. The zero-order valence-electron chi connectivity index (χ0n) is 11.2. The summed E-state index contributed by atoms with van der Waals surface area (Å²) in [7, 11) is 0. The number of rotatable bonds is 3. The van der Waals surface area contributed by atoms with Crippen molar-refractivity contribution >= 4 is 11.6 Å². The van der Waals surface area contributed by atoms with E-state index in [9.17, 15) is 4.79 Å². The van der Waals surface area contributed by atoms with Crippen LogP contribution in [-0.2, 0) is 4.79 Å². The summed E-state index contributed by atoms with van der Waals surface area (Å²) in [6, 6.07) is 0. The molecule has 4 saturated carbocycles. The number of carbonyl (C=O) groups excluding carboxylic acids is 1. The molecular weight excluding hydrogens is 238 g/mol. The van der Waals surface area contributed by atoms with Gasteiger partial charge in [0.25, 0.3) is 0 Å². The van der Waals surface area contributed by atoms with Gasteiger partial charge in [0.2, 0.25) is 5.91 Å². The standard InChI is InChI=1S/C15H21N3O/c19-14(18-13-8-16-17-9-13)7-15-4-10-1-11(5-15)3-12(2-10)6-15/h8-12H,1-7H2,(H,16,17)(H,18,19). The van der Waals surface area contributed by atoms with Crippen molar-refractivity contribution in [1.82, 2.24) is 10.2 Å². The second kappa shape index (κ2) is 4.09. The summed E-state index contributed by atoms with van der Waals surface area (Å²) >= 11 is 0. The monoisotopic (exact) mass is 259 g/mol. The van der Waals surface area contributed by atoms with Crippen molar-refractivity contribution in [3.8, 4) is 0 Å². The number of H-pyrrole nitrogens is 1. The van der Waals surface area contributed by atoms with Crippen molar-refractivity contribution in [3.05, 3.63) is 12.4 Å². The predicted octanol–water partition coefficient (Wildman–Crippen LogP) is 2.95. The van der Waals surface area contributed by atoms with Crippen LogP contribution < -0.4 is 5.32 Å². The van der Waals surface area contributed by atoms with Crippen molar-refractivity contribution in [1.29, 1.82) is 0 Å². The van der Waals surface area contributed by atoms with Crippen molar-refractivity contribution in [2.75, 3.05) is 5.32 Å². The summed E-state index contributed by atoms with van der Waals surface area (Å²) in [6.45, 7) is 0. The van der Waals surface area contributed by atoms with Crippen molar-refractivity contribution in [2.45, 2.75) is 44.9 Å². The fourth-order valence-electron chi connectivity index (χ4n) is 5.37. The number of amides is 1. The molecule has 0 unspecified atom stereocenters. The normalized spacial score (nSPS) is 39.5. The van der Waals surface area contributed by atoms with Crippen LogP contribution in [0.25, 0.3) is 0 Å². The molecule has 19 heavy (non-hydrogen) atoms. The average Bonchev–Trinajstić information content (AvgIpc) is 2.78. The molecule has 0 spiro atoms. The van der Waals surface area contributed by atoms with Gasteiger partial charge in [-0.1, -0.05) is 0 Å². The van der Waals surface area contributed by atoms with Gasteiger partial charge in [0, 0.05) is 12.6 Å². The molecule has 4 heteroatoms. The van der Waals surface area contributed by atoms with Crippen molar-refractivity contribution in [2.24, 2.45) is 23.2 Å². The minimum Gasteiger partial charge on any atom is -0.323 e. The lowest BCUT2D eigenvalue weighted by Crippen LogP contribution is -2.47. The van der Waals surface area contributed by atoms with E-state index in [-0.39, 0.29) is 5.91 Å². The Morgan fingerprint density at radius 2 is 1.89 bits per heavy atom. The van der Waals surface area contributed by atoms with Crippen LogP contribution >= 0.6 is 0 Å². The van der Waals surface area contributed by atoms with Crippen LogP contribution in [0.3, 0.4) is 0 Å². The third-order valence-corrected chi connectivity index (χ3v) is 5.48. The maximum absolute atomic E-state index is 12.2. The number of anilines is 1. The van der Waals surface area contributed by atoms with E-state index in [0.29, 0.717) is 11.8 Å². The molecule has 0 radical (unpaired) electrons. The summed E-state index contributed by atoms with van der Waals surface area (Å²) in [5.74, 6) is 2.90. The van der Waals surface area contributed by atoms with Gasteiger partial charge in [0.05, 0.1) is 11.9 Å². The second-order valence-electron chi connectivity index (χ2n) is 7.13. The number of aromatic amines is 1. The predicted molar refractivity (Wildman–Crippen MR) is 72.4 cm³/mol. The Labute approximate surface area is 113 Å². The lowest BCUT2D eigenvalue weighted by Gasteiger charge is -2.56. The molecule has 4 bridgehead atoms. The van der Waals surface area contributed by atoms with E-state index < -0.39 is 0 Å². The third-order valence-electron chi connectivity index (χ3n) is 5.48. The molecule has 4 aliphatic rings. The van der Waals surface area contributed by atoms with Crippen LogP contribution in [-0.4, -0.2) is 16.1 Å². The Balaban J connectivity index is 1.46. The largest absolute Gasteiger partial charge is 0.323 e. The van der Waals surface area contributed by atoms with Crippen LogP contribution in [0.5, 0.6) is 0 Å². The number of hydrogen-bond acceptors (Lipinski definition) is 2. The van der Waals surface area contributed by atoms with Crippen molar-refractivity contribution in [3.63, 3.8) is 0 Å². The minimum atomic E-state index is 0.170. The molecule has 1 aromatic heterocycles. The van der Waals surface area contributed by atoms with Crippen LogP contribution in [0.4, 0.5) is 5.69 Å². The van der Waals surface area contributed by atoms with Gasteiger partial charge in [-0.25, -0.2) is 0 Å². The Bertz CT molecular complexity index is 444. The molecule has 102 valence electrons. The fourth-order valence-corrected chi connectivity index (χ4v) is 5.37. The summed E-state index contributed by atoms with van der Waals surface area (Å²) < 4.78 is 0. The van der Waals surface area contributed by atoms with Gasteiger partial charge in [0.1, 0.15) is 0 Å². The summed E-state index contributed by atoms with van der Waals surface area (Å²) in [5, 5.41) is 9.56. The minimum absolute atomic E-state index is 0.170. The first-order valence-corrected chi connectivity index (χ1v) is 7.49. The van der Waals surface area contributed by atoms with Gasteiger partial charge in [-0.15, -0.1) is 0 Å². The van der Waals surface area contributed by atoms with Gasteiger partial charge in [-0.2, -0.15) is 5.10 Å². The summed E-state index contributed by atoms with van der Waals surface area (Å²) in [4.78, 5) is 12.2. The number of nitrogens with one attached hydrogen (secondary N) is 2. The van der Waals surface area contributed by atoms with E-state index in [1.54, 1.807) is 12.4 Å². The molecule has 4 aliphatic carbocycles. The Kier molecular flexibility index (Phi) is 2.47. The molecule has 0 atom stereocenters. The number of carbonyl (C=O) groups is 1. The molecular formula is C15H21N3O. The topological polar surface area (TPSA) is 57.8 Å². The van der Waals surface area contributed by atoms with Gasteiger partial charge >= 0.3 is 0 Å². The number of nitrogens with zero attached hydrogens (tertiary/aromatic N) is 1. The average molecular weight is 259 g/mol. The fraction of sp³-hybridized carbons (Fsp3) is 0.733. The first kappa shape index (κ1) is 11.5. The lowest BCUT2D eigenvalue weighted by atomic mass is 9.49. The van der Waals surface area contributed by atoms with Gasteiger partial charge in [-0.05, 0) is 61.7 Å². The first-order valence-electron chi connectivity index (χ1n) is 7.49. The Hall–Kier alpha value is -1.32. The summed E-state index contributed by atoms with van der Waals surface area (Å²) in [6.07, 6.45) is 12.3. The quantitative estimate of drug-likeness (QED) is 0.876. The molecule has 4 fully saturated rings. The van der Waals surface area contributed by atoms with Crippen LogP contribution in [0, 0.1) is 23.2 Å². The lowest BCUT2D eigenvalue weighted by molar-refractivity contribution is -0.124. The zero-order valence-corrected chi connectivity index (χ0v) is 11.2. The molecule has 5 rings (SSSR count). The zero-order chi connectivity index (χ0) is 12.9. The molecule has 0 aromatic carbocycles. The Morgan fingerprint density at radius 1 is 1.26 bits per heavy atom. The Morgan fingerprint density at radius 3 is 2.42 bits per heavy atom. The maximum Gasteiger partial charge on any atom is 0.225 e. The molecule has 0 aliphatic heterocycles. The van der Waals surface area contributed by atoms with Crippen molar-refractivity contribution < 1.29 is 4.79 Å². The molecule has 4 nitrogen and oxygen atoms in total. The third kappa shape index (κ3) is 2.07. The van der Waals surface area contributed by atoms with E-state index in [0.717, 1.165) is 23.4 Å². The highest BCUT2D eigenvalue weighted by atomic mass is 16.1. The first-order chi connectivity index (χ1) is 9.21. The maximum atomic E-state index is 12.2. The van der Waals surface area contributed by atoms with Crippen LogP contribution in [0.2, 0.25) is 0 Å². The van der Waals surface area contributed by atoms with E-state index in [4.69, 9.17) is 0 Å². The molecule has 1 amide bonds. The molecule has 1 heterocycles. The van der Waals surface area contributed by atoms with Gasteiger partial charge < -0.3 is 5.32 Å². The van der Waals surface area contributed by atoms with E-state index >= 15 is 0 Å². The second-order valence-corrected chi connectivity index (χ2v) is 7.13. The highest BCUT2D eigenvalue weighted by molar-refractivity contribution is 5.90. The molecule has 1 aromatic rings. The molecule has 2 N–H and O–H groups in total. The molecule has 0 saturated heterocycles. The highest BCUT2D eigenvalue weighted by Crippen LogP contribution is 2.61. The van der Waals surface area contributed by atoms with E-state index in [2.05, 4.69) is 15.5 Å². The van der Waals surface area contributed by atoms with Gasteiger partial charge in [-0.3, -0.25) is 9.89 Å².